The van der Waals surface area contributed by atoms with Crippen molar-refractivity contribution in [2.75, 3.05) is 4.90 Å². The van der Waals surface area contributed by atoms with Crippen molar-refractivity contribution >= 4 is 39.1 Å². The van der Waals surface area contributed by atoms with Gasteiger partial charge in [-0.1, -0.05) is 103 Å². The first-order valence-corrected chi connectivity index (χ1v) is 14.8. The number of phenolic OH excluding ortho intramolecular Hbond substituents is 1. The van der Waals surface area contributed by atoms with Crippen LogP contribution >= 0.6 is 0 Å². The van der Waals surface area contributed by atoms with Crippen molar-refractivity contribution in [1.29, 1.82) is 0 Å². The maximum Gasteiger partial charge on any atom is 0.139 e. The Morgan fingerprint density at radius 2 is 1.35 bits per heavy atom. The maximum absolute atomic E-state index is 10.9. The smallest absolute Gasteiger partial charge is 0.139 e. The molecule has 8 aromatic rings. The van der Waals surface area contributed by atoms with Crippen LogP contribution in [-0.2, 0) is 21.1 Å². The van der Waals surface area contributed by atoms with E-state index in [9.17, 15) is 5.11 Å². The molecule has 224 valence electrons. The second kappa shape index (κ2) is 12.5. The molecule has 0 bridgehead atoms. The molecule has 0 saturated heterocycles. The summed E-state index contributed by atoms with van der Waals surface area (Å²) < 4.78 is 2.04. The fourth-order valence-corrected chi connectivity index (χ4v) is 5.95. The van der Waals surface area contributed by atoms with Crippen LogP contribution < -0.4 is 4.90 Å². The number of hydrogen-bond acceptors (Lipinski definition) is 4. The van der Waals surface area contributed by atoms with E-state index >= 15 is 0 Å². The number of nitrogens with zero attached hydrogens (tertiary/aromatic N) is 4. The Bertz CT molecular complexity index is 2250. The predicted octanol–water partition coefficient (Wildman–Crippen LogP) is 9.88. The van der Waals surface area contributed by atoms with Crippen molar-refractivity contribution in [3.8, 4) is 33.8 Å². The molecule has 0 spiro atoms. The van der Waals surface area contributed by atoms with Crippen LogP contribution in [0.2, 0.25) is 0 Å². The monoisotopic (exact) mass is 774 g/mol. The van der Waals surface area contributed by atoms with Crippen molar-refractivity contribution < 1.29 is 26.2 Å². The van der Waals surface area contributed by atoms with Gasteiger partial charge in [0.15, 0.2) is 0 Å². The van der Waals surface area contributed by atoms with Gasteiger partial charge in [0.1, 0.15) is 17.2 Å². The Kier molecular flexibility index (Phi) is 7.92. The Balaban J connectivity index is 0.00000338. The first kappa shape index (κ1) is 29.2. The third kappa shape index (κ3) is 5.25. The van der Waals surface area contributed by atoms with Crippen LogP contribution in [0.15, 0.2) is 158 Å². The van der Waals surface area contributed by atoms with Crippen LogP contribution in [0.5, 0.6) is 5.75 Å². The topological polar surface area (TPSA) is 54.2 Å². The zero-order chi connectivity index (χ0) is 30.2. The standard InChI is InChI=1S/C40H27N4O.Pt/c45-38-20-10-9-19-37(38)44-36-18-8-7-17-33(36)34-22-23-35(42-40(34)44)30-25-29(28-13-3-1-4-14-28)26-32(27-30)43(31-15-5-2-6-16-31)39-21-11-12-24-41-39;/h1-26,45H;/q-1;. The molecular formula is C40H27N4OPt-. The molecule has 0 aliphatic rings. The molecule has 0 saturated carbocycles. The zero-order valence-corrected chi connectivity index (χ0v) is 26.8. The predicted molar refractivity (Wildman–Crippen MR) is 182 cm³/mol. The van der Waals surface area contributed by atoms with E-state index in [0.29, 0.717) is 5.69 Å². The summed E-state index contributed by atoms with van der Waals surface area (Å²) in [5.41, 5.74) is 8.00. The molecule has 0 unspecified atom stereocenters. The summed E-state index contributed by atoms with van der Waals surface area (Å²) in [5.74, 6) is 0.986. The van der Waals surface area contributed by atoms with Crippen LogP contribution in [-0.4, -0.2) is 19.6 Å². The van der Waals surface area contributed by atoms with E-state index in [1.54, 1.807) is 12.3 Å². The number of anilines is 3. The van der Waals surface area contributed by atoms with Crippen molar-refractivity contribution in [2.45, 2.75) is 0 Å². The number of rotatable bonds is 6. The van der Waals surface area contributed by atoms with Crippen molar-refractivity contribution in [1.82, 2.24) is 14.5 Å². The van der Waals surface area contributed by atoms with Gasteiger partial charge in [-0.2, -0.15) is 0 Å². The molecule has 0 aliphatic heterocycles. The summed E-state index contributed by atoms with van der Waals surface area (Å²) in [6, 6.07) is 54.3. The zero-order valence-electron chi connectivity index (χ0n) is 24.6. The first-order valence-electron chi connectivity index (χ1n) is 14.8. The summed E-state index contributed by atoms with van der Waals surface area (Å²) in [4.78, 5) is 12.1. The van der Waals surface area contributed by atoms with E-state index in [1.807, 2.05) is 89.5 Å². The number of hydrogen-bond donors (Lipinski definition) is 1. The summed E-state index contributed by atoms with van der Waals surface area (Å²) in [6.45, 7) is 0. The largest absolute Gasteiger partial charge is 0.506 e. The number of para-hydroxylation sites is 4. The molecule has 5 aromatic carbocycles. The third-order valence-corrected chi connectivity index (χ3v) is 8.02. The molecule has 5 nitrogen and oxygen atoms in total. The van der Waals surface area contributed by atoms with Crippen LogP contribution in [0, 0.1) is 6.07 Å². The van der Waals surface area contributed by atoms with Gasteiger partial charge in [-0.15, -0.1) is 23.8 Å². The minimum atomic E-state index is 0. The molecule has 6 heteroatoms. The maximum atomic E-state index is 10.9. The number of fused-ring (bicyclic) bond motifs is 3. The second-order valence-electron chi connectivity index (χ2n) is 10.8. The summed E-state index contributed by atoms with van der Waals surface area (Å²) in [5, 5.41) is 13.0. The minimum absolute atomic E-state index is 0. The normalized spacial score (nSPS) is 11.0. The van der Waals surface area contributed by atoms with E-state index in [0.717, 1.165) is 61.5 Å². The number of benzene rings is 5. The average Bonchev–Trinajstić information content (AvgIpc) is 3.43. The van der Waals surface area contributed by atoms with Gasteiger partial charge in [-0.05, 0) is 59.4 Å². The van der Waals surface area contributed by atoms with E-state index < -0.39 is 0 Å². The molecule has 1 N–H and O–H groups in total. The van der Waals surface area contributed by atoms with Gasteiger partial charge >= 0.3 is 0 Å². The van der Waals surface area contributed by atoms with Crippen LogP contribution in [0.4, 0.5) is 17.2 Å². The summed E-state index contributed by atoms with van der Waals surface area (Å²) >= 11 is 0. The molecule has 3 aromatic heterocycles. The van der Waals surface area contributed by atoms with Gasteiger partial charge in [0.05, 0.1) is 11.2 Å². The number of aromatic nitrogens is 3. The molecule has 0 amide bonds. The molecule has 8 rings (SSSR count). The van der Waals surface area contributed by atoms with E-state index in [1.165, 1.54) is 0 Å². The van der Waals surface area contributed by atoms with Gasteiger partial charge in [0.25, 0.3) is 0 Å². The SMILES string of the molecule is Oc1ccccc1-n1c2ccccc2c2ccc(-c3[c-]c(N(c4ccccc4)c4ccccn4)cc(-c4ccccc4)c3)nc21.[Pt]. The minimum Gasteiger partial charge on any atom is -0.506 e. The van der Waals surface area contributed by atoms with E-state index in [-0.39, 0.29) is 26.8 Å². The molecular weight excluding hydrogens is 748 g/mol. The third-order valence-electron chi connectivity index (χ3n) is 8.02. The average molecular weight is 775 g/mol. The van der Waals surface area contributed by atoms with E-state index in [2.05, 4.69) is 71.6 Å². The van der Waals surface area contributed by atoms with Crippen molar-refractivity contribution in [3.05, 3.63) is 164 Å². The number of aromatic hydroxyl groups is 1. The van der Waals surface area contributed by atoms with Gasteiger partial charge in [-0.3, -0.25) is 9.55 Å². The van der Waals surface area contributed by atoms with Crippen LogP contribution in [0.1, 0.15) is 0 Å². The summed E-state index contributed by atoms with van der Waals surface area (Å²) in [6.07, 6.45) is 1.81. The molecule has 0 aliphatic carbocycles. The Hall–Kier alpha value is -5.51. The Morgan fingerprint density at radius 3 is 2.13 bits per heavy atom. The molecule has 0 fully saturated rings. The fourth-order valence-electron chi connectivity index (χ4n) is 5.95. The Labute approximate surface area is 281 Å². The van der Waals surface area contributed by atoms with E-state index in [4.69, 9.17) is 9.97 Å². The molecule has 3 heterocycles. The fraction of sp³-hybridized carbons (Fsp3) is 0. The van der Waals surface area contributed by atoms with Crippen LogP contribution in [0.3, 0.4) is 0 Å². The molecule has 0 atom stereocenters. The number of phenols is 1. The first-order chi connectivity index (χ1) is 22.2. The van der Waals surface area contributed by atoms with Gasteiger partial charge in [0.2, 0.25) is 0 Å². The van der Waals surface area contributed by atoms with Gasteiger partial charge in [0, 0.05) is 43.7 Å². The van der Waals surface area contributed by atoms with Crippen LogP contribution in [0.25, 0.3) is 50.0 Å². The van der Waals surface area contributed by atoms with Gasteiger partial charge < -0.3 is 10.0 Å². The quantitative estimate of drug-likeness (QED) is 0.171. The summed E-state index contributed by atoms with van der Waals surface area (Å²) in [7, 11) is 0. The van der Waals surface area contributed by atoms with Crippen molar-refractivity contribution in [3.63, 3.8) is 0 Å². The van der Waals surface area contributed by atoms with Crippen molar-refractivity contribution in [2.24, 2.45) is 0 Å². The second-order valence-corrected chi connectivity index (χ2v) is 10.8. The molecule has 46 heavy (non-hydrogen) atoms. The molecule has 0 radical (unpaired) electrons. The van der Waals surface area contributed by atoms with Gasteiger partial charge in [-0.25, -0.2) is 4.98 Å². The number of pyridine rings is 2. The Morgan fingerprint density at radius 1 is 0.630 bits per heavy atom.